The van der Waals surface area contributed by atoms with Gasteiger partial charge in [-0.3, -0.25) is 4.79 Å². The molecule has 1 aromatic carbocycles. The molecular formula is C22H31BrN4O. The molecule has 1 atom stereocenters. The van der Waals surface area contributed by atoms with Crippen LogP contribution in [0.4, 0.5) is 11.4 Å². The highest BCUT2D eigenvalue weighted by atomic mass is 79.9. The maximum absolute atomic E-state index is 13.1. The van der Waals surface area contributed by atoms with E-state index in [9.17, 15) is 4.79 Å². The van der Waals surface area contributed by atoms with Gasteiger partial charge in [0, 0.05) is 32.9 Å². The summed E-state index contributed by atoms with van der Waals surface area (Å²) >= 11 is 3.35. The van der Waals surface area contributed by atoms with Crippen LogP contribution in [0, 0.1) is 0 Å². The molecule has 1 aliphatic rings. The number of fused-ring (bicyclic) bond motifs is 1. The Morgan fingerprint density at radius 3 is 2.46 bits per heavy atom. The van der Waals surface area contributed by atoms with Gasteiger partial charge in [0.2, 0.25) is 0 Å². The summed E-state index contributed by atoms with van der Waals surface area (Å²) < 4.78 is 0. The number of hydrogen-bond acceptors (Lipinski definition) is 4. The van der Waals surface area contributed by atoms with Gasteiger partial charge in [-0.1, -0.05) is 34.1 Å². The Hall–Kier alpha value is -2.21. The highest BCUT2D eigenvalue weighted by molar-refractivity contribution is 9.11. The first kappa shape index (κ1) is 22.1. The van der Waals surface area contributed by atoms with E-state index in [1.807, 2.05) is 62.0 Å². The Labute approximate surface area is 177 Å². The van der Waals surface area contributed by atoms with Gasteiger partial charge in [-0.05, 0) is 56.5 Å². The van der Waals surface area contributed by atoms with E-state index >= 15 is 0 Å². The fourth-order valence-electron chi connectivity index (χ4n) is 3.53. The standard InChI is InChI=1S/C22H31BrN4O/c1-7-11-18(16(4)14-15-23)24-22-25(5)19-13-10-12-17(20(19)26(22)6)21(28)27(8-2)9-3/h7,10-15,22,24H,8-9H2,1-6H3/b11-7-,15-14+,18-16+. The van der Waals surface area contributed by atoms with E-state index in [1.165, 1.54) is 0 Å². The molecule has 0 bridgehead atoms. The Balaban J connectivity index is 2.44. The summed E-state index contributed by atoms with van der Waals surface area (Å²) in [6.45, 7) is 9.50. The molecule has 0 spiro atoms. The highest BCUT2D eigenvalue weighted by Crippen LogP contribution is 2.40. The van der Waals surface area contributed by atoms with Crippen molar-refractivity contribution < 1.29 is 4.79 Å². The summed E-state index contributed by atoms with van der Waals surface area (Å²) in [5.41, 5.74) is 4.91. The van der Waals surface area contributed by atoms with Crippen LogP contribution in [0.5, 0.6) is 0 Å². The number of hydrogen-bond donors (Lipinski definition) is 1. The molecule has 1 N–H and O–H groups in total. The Kier molecular flexibility index (Phi) is 7.75. The van der Waals surface area contributed by atoms with Crippen molar-refractivity contribution in [2.45, 2.75) is 34.0 Å². The van der Waals surface area contributed by atoms with Crippen molar-refractivity contribution in [1.29, 1.82) is 0 Å². The van der Waals surface area contributed by atoms with Crippen LogP contribution in [-0.2, 0) is 0 Å². The maximum Gasteiger partial charge on any atom is 0.256 e. The molecular weight excluding hydrogens is 416 g/mol. The molecule has 6 heteroatoms. The molecule has 0 aliphatic carbocycles. The first-order valence-corrected chi connectivity index (χ1v) is 10.6. The van der Waals surface area contributed by atoms with Gasteiger partial charge >= 0.3 is 0 Å². The van der Waals surface area contributed by atoms with Crippen molar-refractivity contribution >= 4 is 33.2 Å². The normalized spacial score (nSPS) is 17.3. The zero-order valence-corrected chi connectivity index (χ0v) is 19.2. The number of anilines is 2. The number of benzene rings is 1. The summed E-state index contributed by atoms with van der Waals surface area (Å²) in [4.78, 5) is 21.1. The highest BCUT2D eigenvalue weighted by Gasteiger charge is 2.35. The van der Waals surface area contributed by atoms with E-state index < -0.39 is 0 Å². The number of nitrogens with zero attached hydrogens (tertiary/aromatic N) is 3. The summed E-state index contributed by atoms with van der Waals surface area (Å²) in [7, 11) is 4.08. The van der Waals surface area contributed by atoms with E-state index in [2.05, 4.69) is 57.2 Å². The van der Waals surface area contributed by atoms with Gasteiger partial charge in [0.25, 0.3) is 5.91 Å². The molecule has 28 heavy (non-hydrogen) atoms. The van der Waals surface area contributed by atoms with Gasteiger partial charge in [0.05, 0.1) is 16.9 Å². The Morgan fingerprint density at radius 1 is 1.21 bits per heavy atom. The molecule has 5 nitrogen and oxygen atoms in total. The molecule has 2 rings (SSSR count). The van der Waals surface area contributed by atoms with Crippen LogP contribution in [0.1, 0.15) is 38.1 Å². The van der Waals surface area contributed by atoms with Gasteiger partial charge in [0.1, 0.15) is 0 Å². The van der Waals surface area contributed by atoms with E-state index in [1.54, 1.807) is 0 Å². The van der Waals surface area contributed by atoms with Crippen LogP contribution in [0.25, 0.3) is 0 Å². The predicted molar refractivity (Wildman–Crippen MR) is 123 cm³/mol. The van der Waals surface area contributed by atoms with Crippen LogP contribution in [0.3, 0.4) is 0 Å². The number of nitrogens with one attached hydrogen (secondary N) is 1. The number of rotatable bonds is 7. The van der Waals surface area contributed by atoms with Crippen LogP contribution < -0.4 is 15.1 Å². The first-order chi connectivity index (χ1) is 13.4. The van der Waals surface area contributed by atoms with Gasteiger partial charge in [-0.2, -0.15) is 0 Å². The van der Waals surface area contributed by atoms with E-state index in [4.69, 9.17) is 0 Å². The lowest BCUT2D eigenvalue weighted by Gasteiger charge is -2.30. The SMILES string of the molecule is C\C=C/C(NC1N(C)c2cccc(C(=O)N(CC)CC)c2N1C)=C(C)\C=C\Br. The molecule has 1 heterocycles. The summed E-state index contributed by atoms with van der Waals surface area (Å²) in [6.07, 6.45) is 6.01. The van der Waals surface area contributed by atoms with Gasteiger partial charge in [-0.15, -0.1) is 0 Å². The van der Waals surface area contributed by atoms with Crippen LogP contribution >= 0.6 is 15.9 Å². The molecule has 1 unspecified atom stereocenters. The van der Waals surface area contributed by atoms with Crippen molar-refractivity contribution in [3.8, 4) is 0 Å². The number of carbonyl (C=O) groups excluding carboxylic acids is 1. The Bertz CT molecular complexity index is 796. The number of allylic oxidation sites excluding steroid dienone is 4. The molecule has 0 radical (unpaired) electrons. The second-order valence-corrected chi connectivity index (χ2v) is 7.31. The average Bonchev–Trinajstić information content (AvgIpc) is 2.93. The van der Waals surface area contributed by atoms with Gasteiger partial charge in [0.15, 0.2) is 6.29 Å². The third-order valence-electron chi connectivity index (χ3n) is 5.12. The van der Waals surface area contributed by atoms with Gasteiger partial charge in [-0.25, -0.2) is 0 Å². The molecule has 0 aromatic heterocycles. The Morgan fingerprint density at radius 2 is 1.89 bits per heavy atom. The minimum absolute atomic E-state index is 0.0744. The first-order valence-electron chi connectivity index (χ1n) is 9.65. The number of carbonyl (C=O) groups is 1. The monoisotopic (exact) mass is 446 g/mol. The zero-order valence-electron chi connectivity index (χ0n) is 17.7. The van der Waals surface area contributed by atoms with Crippen molar-refractivity contribution in [1.82, 2.24) is 10.2 Å². The fourth-order valence-corrected chi connectivity index (χ4v) is 3.93. The second kappa shape index (κ2) is 9.82. The summed E-state index contributed by atoms with van der Waals surface area (Å²) in [5, 5.41) is 3.62. The largest absolute Gasteiger partial charge is 0.348 e. The topological polar surface area (TPSA) is 38.8 Å². The zero-order chi connectivity index (χ0) is 20.8. The van der Waals surface area contributed by atoms with Crippen molar-refractivity contribution in [2.24, 2.45) is 0 Å². The quantitative estimate of drug-likeness (QED) is 0.616. The van der Waals surface area contributed by atoms with E-state index in [-0.39, 0.29) is 12.2 Å². The van der Waals surface area contributed by atoms with Crippen LogP contribution in [0.2, 0.25) is 0 Å². The predicted octanol–water partition coefficient (Wildman–Crippen LogP) is 4.69. The van der Waals surface area contributed by atoms with E-state index in [0.29, 0.717) is 13.1 Å². The molecule has 1 aliphatic heterocycles. The molecule has 152 valence electrons. The summed E-state index contributed by atoms with van der Waals surface area (Å²) in [6, 6.07) is 5.95. The van der Waals surface area contributed by atoms with E-state index in [0.717, 1.165) is 28.2 Å². The van der Waals surface area contributed by atoms with Crippen molar-refractivity contribution in [3.05, 3.63) is 58.2 Å². The van der Waals surface area contributed by atoms with Crippen LogP contribution in [0.15, 0.2) is 52.7 Å². The van der Waals surface area contributed by atoms with Gasteiger partial charge < -0.3 is 20.0 Å². The summed E-state index contributed by atoms with van der Waals surface area (Å²) in [5.74, 6) is 0.0744. The van der Waals surface area contributed by atoms with Crippen molar-refractivity contribution in [3.63, 3.8) is 0 Å². The molecule has 0 saturated heterocycles. The third kappa shape index (κ3) is 4.27. The lowest BCUT2D eigenvalue weighted by atomic mass is 10.1. The maximum atomic E-state index is 13.1. The molecule has 1 amide bonds. The van der Waals surface area contributed by atoms with Crippen LogP contribution in [-0.4, -0.2) is 44.3 Å². The second-order valence-electron chi connectivity index (χ2n) is 6.78. The fraction of sp³-hybridized carbons (Fsp3) is 0.409. The minimum atomic E-state index is -0.0921. The molecule has 0 fully saturated rings. The minimum Gasteiger partial charge on any atom is -0.348 e. The smallest absolute Gasteiger partial charge is 0.256 e. The van der Waals surface area contributed by atoms with Crippen molar-refractivity contribution in [2.75, 3.05) is 37.0 Å². The number of amides is 1. The molecule has 0 saturated carbocycles. The molecule has 1 aromatic rings. The number of halogens is 1. The number of para-hydroxylation sites is 1. The lowest BCUT2D eigenvalue weighted by Crippen LogP contribution is -2.50. The average molecular weight is 447 g/mol. The lowest BCUT2D eigenvalue weighted by molar-refractivity contribution is 0.0773. The third-order valence-corrected chi connectivity index (χ3v) is 5.38.